The fourth-order valence-electron chi connectivity index (χ4n) is 2.68. The first kappa shape index (κ1) is 17.4. The van der Waals surface area contributed by atoms with Crippen molar-refractivity contribution in [1.29, 1.82) is 0 Å². The minimum atomic E-state index is -0.548. The Morgan fingerprint density at radius 3 is 2.58 bits per heavy atom. The van der Waals surface area contributed by atoms with E-state index in [1.165, 1.54) is 19.4 Å². The lowest BCUT2D eigenvalue weighted by Gasteiger charge is -2.07. The van der Waals surface area contributed by atoms with Crippen molar-refractivity contribution in [3.63, 3.8) is 0 Å². The molecule has 0 saturated heterocycles. The van der Waals surface area contributed by atoms with E-state index in [0.717, 1.165) is 0 Å². The zero-order valence-electron chi connectivity index (χ0n) is 14.4. The first-order valence-corrected chi connectivity index (χ1v) is 8.06. The van der Waals surface area contributed by atoms with Crippen LogP contribution in [0.4, 0.5) is 0 Å². The third kappa shape index (κ3) is 3.21. The molecule has 6 nitrogen and oxygen atoms in total. The maximum absolute atomic E-state index is 12.8. The average Bonchev–Trinajstić information content (AvgIpc) is 2.68. The smallest absolute Gasteiger partial charge is 0.337 e. The molecule has 0 aliphatic carbocycles. The molecule has 0 fully saturated rings. The molecular weight excluding hydrogens is 334 g/mol. The molecule has 0 saturated carbocycles. The molecule has 0 aliphatic heterocycles. The molecule has 0 bridgehead atoms. The Balaban J connectivity index is 2.07. The van der Waals surface area contributed by atoms with E-state index >= 15 is 0 Å². The van der Waals surface area contributed by atoms with Crippen LogP contribution in [0.2, 0.25) is 0 Å². The van der Waals surface area contributed by atoms with Crippen molar-refractivity contribution in [2.45, 2.75) is 6.92 Å². The molecule has 3 aromatic rings. The number of methoxy groups -OCH3 is 1. The number of nitrogens with one attached hydrogen (secondary N) is 1. The number of aromatic nitrogens is 1. The second-order valence-electron chi connectivity index (χ2n) is 5.57. The number of fused-ring (bicyclic) bond motifs is 1. The number of hydrogen-bond acceptors (Lipinski definition) is 5. The van der Waals surface area contributed by atoms with Gasteiger partial charge in [-0.2, -0.15) is 0 Å². The van der Waals surface area contributed by atoms with E-state index in [9.17, 15) is 14.4 Å². The Labute approximate surface area is 149 Å². The molecule has 0 spiro atoms. The summed E-state index contributed by atoms with van der Waals surface area (Å²) in [7, 11) is 1.26. The highest BCUT2D eigenvalue weighted by molar-refractivity contribution is 6.11. The van der Waals surface area contributed by atoms with Crippen LogP contribution in [0, 0.1) is 0 Å². The van der Waals surface area contributed by atoms with Gasteiger partial charge >= 0.3 is 5.97 Å². The van der Waals surface area contributed by atoms with Crippen LogP contribution in [0.3, 0.4) is 0 Å². The fourth-order valence-corrected chi connectivity index (χ4v) is 2.68. The van der Waals surface area contributed by atoms with E-state index in [2.05, 4.69) is 9.72 Å². The van der Waals surface area contributed by atoms with Crippen LogP contribution >= 0.6 is 0 Å². The van der Waals surface area contributed by atoms with Crippen molar-refractivity contribution in [2.24, 2.45) is 0 Å². The molecule has 26 heavy (non-hydrogen) atoms. The number of esters is 1. The summed E-state index contributed by atoms with van der Waals surface area (Å²) in [6.45, 7) is 2.32. The van der Waals surface area contributed by atoms with Crippen molar-refractivity contribution >= 4 is 22.7 Å². The molecule has 0 amide bonds. The van der Waals surface area contributed by atoms with Gasteiger partial charge in [0, 0.05) is 22.7 Å². The number of H-pyrrole nitrogens is 1. The quantitative estimate of drug-likeness (QED) is 0.564. The molecule has 0 radical (unpaired) electrons. The number of rotatable bonds is 5. The zero-order valence-corrected chi connectivity index (χ0v) is 14.4. The first-order valence-electron chi connectivity index (χ1n) is 8.06. The fraction of sp³-hybridized carbons (Fsp3) is 0.150. The number of carbonyl (C=O) groups excluding carboxylic acids is 2. The number of pyridine rings is 1. The van der Waals surface area contributed by atoms with Crippen LogP contribution in [-0.4, -0.2) is 30.5 Å². The summed E-state index contributed by atoms with van der Waals surface area (Å²) in [5, 5.41) is 0.367. The monoisotopic (exact) mass is 351 g/mol. The van der Waals surface area contributed by atoms with Crippen LogP contribution in [0.5, 0.6) is 5.75 Å². The number of ketones is 1. The summed E-state index contributed by atoms with van der Waals surface area (Å²) >= 11 is 0. The Bertz CT molecular complexity index is 1050. The summed E-state index contributed by atoms with van der Waals surface area (Å²) in [6, 6.07) is 11.2. The largest absolute Gasteiger partial charge is 0.494 e. The average molecular weight is 351 g/mol. The lowest BCUT2D eigenvalue weighted by molar-refractivity contribution is 0.0600. The zero-order chi connectivity index (χ0) is 18.7. The molecule has 6 heteroatoms. The number of carbonyl (C=O) groups is 2. The topological polar surface area (TPSA) is 85.5 Å². The summed E-state index contributed by atoms with van der Waals surface area (Å²) < 4.78 is 10.1. The van der Waals surface area contributed by atoms with E-state index in [1.807, 2.05) is 6.92 Å². The minimum absolute atomic E-state index is 0.00633. The van der Waals surface area contributed by atoms with Gasteiger partial charge < -0.3 is 14.5 Å². The van der Waals surface area contributed by atoms with E-state index in [4.69, 9.17) is 4.74 Å². The van der Waals surface area contributed by atoms with Crippen LogP contribution in [0.25, 0.3) is 10.9 Å². The molecule has 3 rings (SSSR count). The van der Waals surface area contributed by atoms with Gasteiger partial charge in [-0.3, -0.25) is 9.59 Å². The number of hydrogen-bond donors (Lipinski definition) is 1. The summed E-state index contributed by atoms with van der Waals surface area (Å²) in [5.74, 6) is -0.461. The van der Waals surface area contributed by atoms with Gasteiger partial charge in [-0.05, 0) is 37.3 Å². The van der Waals surface area contributed by atoms with Gasteiger partial charge in [0.2, 0.25) is 5.43 Å². The van der Waals surface area contributed by atoms with Gasteiger partial charge in [-0.1, -0.05) is 12.1 Å². The molecule has 0 atom stereocenters. The predicted octanol–water partition coefficient (Wildman–Crippen LogP) is 2.94. The SMILES string of the molecule is CCOc1ccc2[nH]cc(C(=O)c3cccc(C(=O)OC)c3)c(=O)c2c1. The summed E-state index contributed by atoms with van der Waals surface area (Å²) in [6.07, 6.45) is 1.39. The van der Waals surface area contributed by atoms with Gasteiger partial charge in [0.05, 0.1) is 24.8 Å². The maximum Gasteiger partial charge on any atom is 0.337 e. The summed E-state index contributed by atoms with van der Waals surface area (Å²) in [5.41, 5.74) is 0.688. The molecule has 1 N–H and O–H groups in total. The normalized spacial score (nSPS) is 10.5. The van der Waals surface area contributed by atoms with Crippen LogP contribution in [0.1, 0.15) is 33.2 Å². The van der Waals surface area contributed by atoms with Gasteiger partial charge in [0.1, 0.15) is 5.75 Å². The standard InChI is InChI=1S/C20H17NO5/c1-3-26-14-7-8-17-15(10-14)19(23)16(11-21-17)18(22)12-5-4-6-13(9-12)20(24)25-2/h4-11H,3H2,1-2H3,(H,21,23). The van der Waals surface area contributed by atoms with Gasteiger partial charge in [0.15, 0.2) is 5.78 Å². The van der Waals surface area contributed by atoms with Crippen LogP contribution in [-0.2, 0) is 4.74 Å². The molecule has 2 aromatic carbocycles. The Morgan fingerprint density at radius 2 is 1.85 bits per heavy atom. The molecule has 132 valence electrons. The maximum atomic E-state index is 12.8. The van der Waals surface area contributed by atoms with Crippen LogP contribution < -0.4 is 10.2 Å². The van der Waals surface area contributed by atoms with Crippen molar-refractivity contribution < 1.29 is 19.1 Å². The van der Waals surface area contributed by atoms with E-state index < -0.39 is 17.2 Å². The highest BCUT2D eigenvalue weighted by atomic mass is 16.5. The Morgan fingerprint density at radius 1 is 1.08 bits per heavy atom. The molecular formula is C20H17NO5. The van der Waals surface area contributed by atoms with Gasteiger partial charge in [0.25, 0.3) is 0 Å². The van der Waals surface area contributed by atoms with Crippen LogP contribution in [0.15, 0.2) is 53.5 Å². The second-order valence-corrected chi connectivity index (χ2v) is 5.57. The first-order chi connectivity index (χ1) is 12.5. The molecule has 1 heterocycles. The van der Waals surface area contributed by atoms with E-state index in [-0.39, 0.29) is 16.7 Å². The lowest BCUT2D eigenvalue weighted by atomic mass is 10.0. The molecule has 0 aliphatic rings. The second kappa shape index (κ2) is 7.23. The van der Waals surface area contributed by atoms with Gasteiger partial charge in [-0.15, -0.1) is 0 Å². The van der Waals surface area contributed by atoms with E-state index in [0.29, 0.717) is 23.3 Å². The Kier molecular flexibility index (Phi) is 4.84. The molecule has 1 aromatic heterocycles. The van der Waals surface area contributed by atoms with E-state index in [1.54, 1.807) is 36.4 Å². The highest BCUT2D eigenvalue weighted by Crippen LogP contribution is 2.18. The highest BCUT2D eigenvalue weighted by Gasteiger charge is 2.17. The lowest BCUT2D eigenvalue weighted by Crippen LogP contribution is -2.17. The molecule has 0 unspecified atom stereocenters. The summed E-state index contributed by atoms with van der Waals surface area (Å²) in [4.78, 5) is 40.2. The van der Waals surface area contributed by atoms with Crippen molar-refractivity contribution in [2.75, 3.05) is 13.7 Å². The van der Waals surface area contributed by atoms with Crippen molar-refractivity contribution in [3.05, 3.63) is 75.6 Å². The number of benzene rings is 2. The van der Waals surface area contributed by atoms with Gasteiger partial charge in [-0.25, -0.2) is 4.79 Å². The number of ether oxygens (including phenoxy) is 2. The van der Waals surface area contributed by atoms with Crippen molar-refractivity contribution in [1.82, 2.24) is 4.98 Å². The predicted molar refractivity (Wildman–Crippen MR) is 97.0 cm³/mol. The third-order valence-electron chi connectivity index (χ3n) is 3.95. The number of aromatic amines is 1. The third-order valence-corrected chi connectivity index (χ3v) is 3.95. The van der Waals surface area contributed by atoms with Crippen molar-refractivity contribution in [3.8, 4) is 5.75 Å². The minimum Gasteiger partial charge on any atom is -0.494 e. The Hall–Kier alpha value is -3.41.